The smallest absolute Gasteiger partial charge is 0.235 e. The van der Waals surface area contributed by atoms with E-state index in [0.29, 0.717) is 47.9 Å². The van der Waals surface area contributed by atoms with Crippen LogP contribution in [0.2, 0.25) is 0 Å². The van der Waals surface area contributed by atoms with Crippen molar-refractivity contribution in [3.63, 3.8) is 0 Å². The van der Waals surface area contributed by atoms with Crippen molar-refractivity contribution in [1.82, 2.24) is 4.90 Å². The highest BCUT2D eigenvalue weighted by atomic mass is 32.2. The SMILES string of the molecule is COc1ccc(Oc2coc3c4c(ccc3c2=O)OCN(C2CCS(=O)(=O)C2)C4)cc1. The van der Waals surface area contributed by atoms with Gasteiger partial charge in [-0.2, -0.15) is 0 Å². The zero-order valence-corrected chi connectivity index (χ0v) is 17.7. The summed E-state index contributed by atoms with van der Waals surface area (Å²) in [4.78, 5) is 15.0. The number of hydrogen-bond acceptors (Lipinski definition) is 8. The zero-order chi connectivity index (χ0) is 21.6. The minimum atomic E-state index is -3.01. The lowest BCUT2D eigenvalue weighted by atomic mass is 10.1. The normalized spacial score (nSPS) is 20.2. The minimum Gasteiger partial charge on any atom is -0.497 e. The number of sulfone groups is 1. The highest BCUT2D eigenvalue weighted by molar-refractivity contribution is 7.91. The van der Waals surface area contributed by atoms with Gasteiger partial charge in [0.05, 0.1) is 29.6 Å². The van der Waals surface area contributed by atoms with E-state index >= 15 is 0 Å². The van der Waals surface area contributed by atoms with Crippen LogP contribution in [0.4, 0.5) is 0 Å². The first-order valence-electron chi connectivity index (χ1n) is 9.90. The third-order valence-electron chi connectivity index (χ3n) is 5.73. The molecule has 0 spiro atoms. The summed E-state index contributed by atoms with van der Waals surface area (Å²) < 4.78 is 46.2. The molecule has 0 bridgehead atoms. The first-order chi connectivity index (χ1) is 14.9. The summed E-state index contributed by atoms with van der Waals surface area (Å²) in [6.07, 6.45) is 1.88. The molecule has 1 saturated heterocycles. The van der Waals surface area contributed by atoms with Crippen molar-refractivity contribution in [1.29, 1.82) is 0 Å². The van der Waals surface area contributed by atoms with Crippen LogP contribution in [-0.2, 0) is 16.4 Å². The number of ether oxygens (including phenoxy) is 3. The molecule has 3 heterocycles. The molecule has 3 aromatic rings. The molecule has 0 N–H and O–H groups in total. The highest BCUT2D eigenvalue weighted by Crippen LogP contribution is 2.34. The summed E-state index contributed by atoms with van der Waals surface area (Å²) in [6.45, 7) is 0.760. The van der Waals surface area contributed by atoms with Gasteiger partial charge in [-0.3, -0.25) is 9.69 Å². The van der Waals surface area contributed by atoms with Gasteiger partial charge < -0.3 is 18.6 Å². The van der Waals surface area contributed by atoms with Crippen molar-refractivity contribution < 1.29 is 27.0 Å². The Morgan fingerprint density at radius 3 is 2.58 bits per heavy atom. The van der Waals surface area contributed by atoms with Crippen molar-refractivity contribution in [3.8, 4) is 23.0 Å². The lowest BCUT2D eigenvalue weighted by Gasteiger charge is -2.33. The summed E-state index contributed by atoms with van der Waals surface area (Å²) in [5.74, 6) is 2.20. The third-order valence-corrected chi connectivity index (χ3v) is 7.48. The second-order valence-electron chi connectivity index (χ2n) is 7.70. The van der Waals surface area contributed by atoms with Gasteiger partial charge in [0.2, 0.25) is 11.2 Å². The summed E-state index contributed by atoms with van der Waals surface area (Å²) in [6, 6.07) is 10.2. The molecule has 162 valence electrons. The molecule has 31 heavy (non-hydrogen) atoms. The van der Waals surface area contributed by atoms with Crippen molar-refractivity contribution in [2.24, 2.45) is 0 Å². The fourth-order valence-corrected chi connectivity index (χ4v) is 5.81. The number of hydrogen-bond donors (Lipinski definition) is 0. The molecule has 0 saturated carbocycles. The Balaban J connectivity index is 1.46. The minimum absolute atomic E-state index is 0.0769. The molecule has 1 fully saturated rings. The number of methoxy groups -OCH3 is 1. The van der Waals surface area contributed by atoms with E-state index in [1.807, 2.05) is 4.90 Å². The maximum absolute atomic E-state index is 13.0. The fourth-order valence-electron chi connectivity index (χ4n) is 4.05. The molecule has 2 aromatic carbocycles. The topological polar surface area (TPSA) is 95.3 Å². The van der Waals surface area contributed by atoms with Crippen LogP contribution in [-0.4, -0.2) is 44.7 Å². The van der Waals surface area contributed by atoms with Gasteiger partial charge in [-0.1, -0.05) is 0 Å². The van der Waals surface area contributed by atoms with Crippen molar-refractivity contribution in [2.45, 2.75) is 19.0 Å². The Kier molecular flexibility index (Phi) is 4.86. The van der Waals surface area contributed by atoms with Crippen LogP contribution < -0.4 is 19.6 Å². The van der Waals surface area contributed by atoms with Gasteiger partial charge in [-0.15, -0.1) is 0 Å². The van der Waals surface area contributed by atoms with Crippen LogP contribution >= 0.6 is 0 Å². The number of benzene rings is 2. The number of nitrogens with zero attached hydrogens (tertiary/aromatic N) is 1. The number of rotatable bonds is 4. The van der Waals surface area contributed by atoms with Gasteiger partial charge in [0.25, 0.3) is 0 Å². The maximum Gasteiger partial charge on any atom is 0.235 e. The average molecular weight is 443 g/mol. The second kappa shape index (κ2) is 7.58. The standard InChI is InChI=1S/C22H21NO7S/c1-27-15-2-4-16(5-3-15)30-20-11-28-22-17(21(20)24)6-7-19-18(22)10-23(13-29-19)14-8-9-31(25,26)12-14/h2-7,11,14H,8-10,12-13H2,1H3. The van der Waals surface area contributed by atoms with E-state index in [1.54, 1.807) is 43.5 Å². The van der Waals surface area contributed by atoms with Gasteiger partial charge in [-0.05, 0) is 42.8 Å². The van der Waals surface area contributed by atoms with Crippen LogP contribution in [0.25, 0.3) is 11.0 Å². The monoisotopic (exact) mass is 443 g/mol. The molecule has 2 aliphatic rings. The molecule has 8 nitrogen and oxygen atoms in total. The highest BCUT2D eigenvalue weighted by Gasteiger charge is 2.35. The molecular weight excluding hydrogens is 422 g/mol. The second-order valence-corrected chi connectivity index (χ2v) is 9.93. The first kappa shape index (κ1) is 19.9. The lowest BCUT2D eigenvalue weighted by molar-refractivity contribution is 0.0649. The Bertz CT molecular complexity index is 1300. The molecule has 1 aromatic heterocycles. The average Bonchev–Trinajstić information content (AvgIpc) is 3.15. The van der Waals surface area contributed by atoms with Crippen LogP contribution in [0, 0.1) is 0 Å². The van der Waals surface area contributed by atoms with Crippen molar-refractivity contribution in [3.05, 3.63) is 58.4 Å². The van der Waals surface area contributed by atoms with E-state index in [-0.39, 0.29) is 28.7 Å². The quantitative estimate of drug-likeness (QED) is 0.607. The van der Waals surface area contributed by atoms with Gasteiger partial charge in [0.15, 0.2) is 9.84 Å². The number of fused-ring (bicyclic) bond motifs is 3. The summed E-state index contributed by atoms with van der Waals surface area (Å²) in [7, 11) is -1.43. The van der Waals surface area contributed by atoms with Gasteiger partial charge in [0.1, 0.15) is 35.8 Å². The Morgan fingerprint density at radius 1 is 1.10 bits per heavy atom. The predicted octanol–water partition coefficient (Wildman–Crippen LogP) is 2.93. The molecule has 9 heteroatoms. The van der Waals surface area contributed by atoms with E-state index in [2.05, 4.69) is 0 Å². The Labute approximate surface area is 178 Å². The Hall–Kier alpha value is -3.04. The van der Waals surface area contributed by atoms with Crippen LogP contribution in [0.1, 0.15) is 12.0 Å². The summed E-state index contributed by atoms with van der Waals surface area (Å²) in [5.41, 5.74) is 0.872. The van der Waals surface area contributed by atoms with Crippen LogP contribution in [0.15, 0.2) is 51.9 Å². The molecule has 0 radical (unpaired) electrons. The van der Waals surface area contributed by atoms with E-state index in [4.69, 9.17) is 18.6 Å². The van der Waals surface area contributed by atoms with E-state index in [1.165, 1.54) is 6.26 Å². The molecular formula is C22H21NO7S. The zero-order valence-electron chi connectivity index (χ0n) is 16.9. The molecule has 5 rings (SSSR count). The van der Waals surface area contributed by atoms with Gasteiger partial charge in [0, 0.05) is 12.6 Å². The Morgan fingerprint density at radius 2 is 1.87 bits per heavy atom. The summed E-state index contributed by atoms with van der Waals surface area (Å²) in [5, 5.41) is 0.384. The van der Waals surface area contributed by atoms with Crippen LogP contribution in [0.5, 0.6) is 23.0 Å². The van der Waals surface area contributed by atoms with Gasteiger partial charge >= 0.3 is 0 Å². The largest absolute Gasteiger partial charge is 0.497 e. The fraction of sp³-hybridized carbons (Fsp3) is 0.318. The maximum atomic E-state index is 13.0. The molecule has 2 aliphatic heterocycles. The molecule has 1 unspecified atom stereocenters. The molecule has 1 atom stereocenters. The van der Waals surface area contributed by atoms with Crippen molar-refractivity contribution in [2.75, 3.05) is 25.3 Å². The lowest BCUT2D eigenvalue weighted by Crippen LogP contribution is -2.41. The first-order valence-corrected chi connectivity index (χ1v) is 11.7. The van der Waals surface area contributed by atoms with Crippen molar-refractivity contribution >= 4 is 20.8 Å². The van der Waals surface area contributed by atoms with Gasteiger partial charge in [-0.25, -0.2) is 8.42 Å². The molecule has 0 amide bonds. The molecule has 0 aliphatic carbocycles. The predicted molar refractivity (Wildman–Crippen MR) is 114 cm³/mol. The summed E-state index contributed by atoms with van der Waals surface area (Å²) >= 11 is 0. The van der Waals surface area contributed by atoms with E-state index in [9.17, 15) is 13.2 Å². The van der Waals surface area contributed by atoms with E-state index < -0.39 is 9.84 Å². The van der Waals surface area contributed by atoms with Crippen LogP contribution in [0.3, 0.4) is 0 Å². The van der Waals surface area contributed by atoms with E-state index in [0.717, 1.165) is 5.56 Å². The third kappa shape index (κ3) is 3.75.